The second-order valence-corrected chi connectivity index (χ2v) is 2.81. The van der Waals surface area contributed by atoms with Crippen LogP contribution in [0.1, 0.15) is 12.0 Å². The molecule has 0 aliphatic rings. The fraction of sp³-hybridized carbons (Fsp3) is 0.200. The third-order valence-corrected chi connectivity index (χ3v) is 1.78. The summed E-state index contributed by atoms with van der Waals surface area (Å²) in [6.07, 6.45) is 0.557. The van der Waals surface area contributed by atoms with Crippen LogP contribution < -0.4 is 5.73 Å². The number of phenolic OH excluding ortho intramolecular Hbond substituents is 1. The minimum Gasteiger partial charge on any atom is -0.508 e. The lowest BCUT2D eigenvalue weighted by Crippen LogP contribution is -2.00. The van der Waals surface area contributed by atoms with Gasteiger partial charge in [0.05, 0.1) is 0 Å². The van der Waals surface area contributed by atoms with E-state index in [2.05, 4.69) is 6.58 Å². The summed E-state index contributed by atoms with van der Waals surface area (Å²) in [6, 6.07) is 4.00. The lowest BCUT2D eigenvalue weighted by molar-refractivity contribution is 0.469. The maximum absolute atomic E-state index is 13.2. The number of aromatic hydroxyl groups is 1. The van der Waals surface area contributed by atoms with Crippen LogP contribution in [0.2, 0.25) is 0 Å². The van der Waals surface area contributed by atoms with E-state index in [0.29, 0.717) is 24.1 Å². The van der Waals surface area contributed by atoms with Crippen molar-refractivity contribution < 1.29 is 9.50 Å². The highest BCUT2D eigenvalue weighted by molar-refractivity contribution is 5.64. The van der Waals surface area contributed by atoms with E-state index in [0.717, 1.165) is 6.07 Å². The number of nitrogens with two attached hydrogens (primary N) is 1. The Morgan fingerprint density at radius 3 is 2.77 bits per heavy atom. The lowest BCUT2D eigenvalue weighted by Gasteiger charge is -2.05. The number of hydrogen-bond donors (Lipinski definition) is 2. The molecule has 1 aromatic rings. The monoisotopic (exact) mass is 181 g/mol. The molecule has 0 heterocycles. The van der Waals surface area contributed by atoms with Crippen molar-refractivity contribution in [1.29, 1.82) is 0 Å². The van der Waals surface area contributed by atoms with Crippen LogP contribution in [0.25, 0.3) is 5.57 Å². The summed E-state index contributed by atoms with van der Waals surface area (Å²) in [6.45, 7) is 4.15. The van der Waals surface area contributed by atoms with Crippen molar-refractivity contribution in [2.45, 2.75) is 6.42 Å². The van der Waals surface area contributed by atoms with Crippen LogP contribution in [0.5, 0.6) is 5.75 Å². The molecule has 1 aromatic carbocycles. The molecule has 3 heteroatoms. The van der Waals surface area contributed by atoms with Crippen molar-refractivity contribution in [2.24, 2.45) is 5.73 Å². The first kappa shape index (κ1) is 9.74. The maximum Gasteiger partial charge on any atom is 0.134 e. The number of benzene rings is 1. The molecule has 0 saturated carbocycles. The van der Waals surface area contributed by atoms with E-state index < -0.39 is 5.82 Å². The van der Waals surface area contributed by atoms with E-state index >= 15 is 0 Å². The summed E-state index contributed by atoms with van der Waals surface area (Å²) in [5, 5.41) is 8.95. The number of phenols is 1. The molecule has 0 bridgehead atoms. The highest BCUT2D eigenvalue weighted by Gasteiger charge is 2.05. The van der Waals surface area contributed by atoms with Crippen molar-refractivity contribution in [3.8, 4) is 5.75 Å². The number of halogens is 1. The molecule has 70 valence electrons. The van der Waals surface area contributed by atoms with Crippen LogP contribution in [-0.4, -0.2) is 11.7 Å². The molecule has 0 atom stereocenters. The summed E-state index contributed by atoms with van der Waals surface area (Å²) in [5.41, 5.74) is 6.39. The minimum atomic E-state index is -0.460. The smallest absolute Gasteiger partial charge is 0.134 e. The van der Waals surface area contributed by atoms with Crippen LogP contribution >= 0.6 is 0 Å². The van der Waals surface area contributed by atoms with Crippen LogP contribution in [0.15, 0.2) is 24.8 Å². The fourth-order valence-corrected chi connectivity index (χ4v) is 1.10. The summed E-state index contributed by atoms with van der Waals surface area (Å²) in [5.74, 6) is -0.541. The van der Waals surface area contributed by atoms with Gasteiger partial charge >= 0.3 is 0 Å². The topological polar surface area (TPSA) is 46.2 Å². The zero-order valence-electron chi connectivity index (χ0n) is 7.26. The molecule has 2 nitrogen and oxygen atoms in total. The second-order valence-electron chi connectivity index (χ2n) is 2.81. The third kappa shape index (κ3) is 2.29. The summed E-state index contributed by atoms with van der Waals surface area (Å²) < 4.78 is 13.2. The van der Waals surface area contributed by atoms with Gasteiger partial charge in [-0.3, -0.25) is 0 Å². The van der Waals surface area contributed by atoms with Crippen molar-refractivity contribution in [3.05, 3.63) is 36.2 Å². The Hall–Kier alpha value is -1.35. The van der Waals surface area contributed by atoms with E-state index in [1.807, 2.05) is 0 Å². The molecule has 0 aliphatic heterocycles. The summed E-state index contributed by atoms with van der Waals surface area (Å²) in [7, 11) is 0. The largest absolute Gasteiger partial charge is 0.508 e. The van der Waals surface area contributed by atoms with E-state index in [1.165, 1.54) is 12.1 Å². The van der Waals surface area contributed by atoms with E-state index in [4.69, 9.17) is 10.8 Å². The SMILES string of the molecule is C=C(CCN)c1ccc(O)cc1F. The Kier molecular flexibility index (Phi) is 3.03. The summed E-state index contributed by atoms with van der Waals surface area (Å²) in [4.78, 5) is 0. The normalized spacial score (nSPS) is 10.0. The highest BCUT2D eigenvalue weighted by atomic mass is 19.1. The Bertz CT molecular complexity index is 323. The van der Waals surface area contributed by atoms with Gasteiger partial charge in [-0.1, -0.05) is 6.58 Å². The van der Waals surface area contributed by atoms with Gasteiger partial charge in [0.2, 0.25) is 0 Å². The molecule has 0 spiro atoms. The third-order valence-electron chi connectivity index (χ3n) is 1.78. The van der Waals surface area contributed by atoms with Gasteiger partial charge in [-0.15, -0.1) is 0 Å². The van der Waals surface area contributed by atoms with E-state index in [9.17, 15) is 4.39 Å². The first-order valence-corrected chi connectivity index (χ1v) is 4.02. The molecule has 0 radical (unpaired) electrons. The van der Waals surface area contributed by atoms with Crippen molar-refractivity contribution >= 4 is 5.57 Å². The highest BCUT2D eigenvalue weighted by Crippen LogP contribution is 2.22. The lowest BCUT2D eigenvalue weighted by atomic mass is 10.0. The molecule has 0 saturated heterocycles. The molecular formula is C10H12FNO. The Morgan fingerprint density at radius 2 is 2.23 bits per heavy atom. The molecule has 0 unspecified atom stereocenters. The average molecular weight is 181 g/mol. The van der Waals surface area contributed by atoms with E-state index in [1.54, 1.807) is 0 Å². The quantitative estimate of drug-likeness (QED) is 0.748. The molecular weight excluding hydrogens is 169 g/mol. The molecule has 0 aromatic heterocycles. The average Bonchev–Trinajstić information content (AvgIpc) is 2.04. The van der Waals surface area contributed by atoms with Gasteiger partial charge in [0.15, 0.2) is 0 Å². The zero-order chi connectivity index (χ0) is 9.84. The zero-order valence-corrected chi connectivity index (χ0v) is 7.26. The summed E-state index contributed by atoms with van der Waals surface area (Å²) >= 11 is 0. The first-order valence-electron chi connectivity index (χ1n) is 4.02. The van der Waals surface area contributed by atoms with Gasteiger partial charge < -0.3 is 10.8 Å². The Morgan fingerprint density at radius 1 is 1.54 bits per heavy atom. The van der Waals surface area contributed by atoms with Gasteiger partial charge in [-0.2, -0.15) is 0 Å². The standard InChI is InChI=1S/C10H12FNO/c1-7(4-5-12)9-3-2-8(13)6-10(9)11/h2-3,6,13H,1,4-5,12H2. The molecule has 1 rings (SSSR count). The number of rotatable bonds is 3. The van der Waals surface area contributed by atoms with E-state index in [-0.39, 0.29) is 5.75 Å². The second kappa shape index (κ2) is 4.05. The Labute approximate surface area is 76.5 Å². The minimum absolute atomic E-state index is 0.0817. The van der Waals surface area contributed by atoms with Gasteiger partial charge in [0, 0.05) is 11.6 Å². The number of hydrogen-bond acceptors (Lipinski definition) is 2. The fourth-order valence-electron chi connectivity index (χ4n) is 1.10. The molecule has 0 aliphatic carbocycles. The Balaban J connectivity index is 2.95. The predicted octanol–water partition coefficient (Wildman–Crippen LogP) is 1.89. The van der Waals surface area contributed by atoms with Gasteiger partial charge in [0.25, 0.3) is 0 Å². The van der Waals surface area contributed by atoms with Crippen LogP contribution in [0.3, 0.4) is 0 Å². The van der Waals surface area contributed by atoms with Crippen molar-refractivity contribution in [3.63, 3.8) is 0 Å². The first-order chi connectivity index (χ1) is 6.15. The molecule has 0 fully saturated rings. The van der Waals surface area contributed by atoms with Gasteiger partial charge in [-0.05, 0) is 30.7 Å². The predicted molar refractivity (Wildman–Crippen MR) is 50.8 cm³/mol. The molecule has 13 heavy (non-hydrogen) atoms. The molecule has 3 N–H and O–H groups in total. The van der Waals surface area contributed by atoms with Gasteiger partial charge in [0.1, 0.15) is 11.6 Å². The van der Waals surface area contributed by atoms with Gasteiger partial charge in [-0.25, -0.2) is 4.39 Å². The van der Waals surface area contributed by atoms with Crippen LogP contribution in [0, 0.1) is 5.82 Å². The van der Waals surface area contributed by atoms with Crippen LogP contribution in [-0.2, 0) is 0 Å². The van der Waals surface area contributed by atoms with Crippen molar-refractivity contribution in [1.82, 2.24) is 0 Å². The maximum atomic E-state index is 13.2. The molecule has 0 amide bonds. The van der Waals surface area contributed by atoms with Crippen molar-refractivity contribution in [2.75, 3.05) is 6.54 Å². The van der Waals surface area contributed by atoms with Crippen LogP contribution in [0.4, 0.5) is 4.39 Å².